The first-order valence-electron chi connectivity index (χ1n) is 7.81. The lowest BCUT2D eigenvalue weighted by molar-refractivity contribution is -0.113. The van der Waals surface area contributed by atoms with Gasteiger partial charge in [-0.25, -0.2) is 9.67 Å². The molecule has 1 amide bonds. The van der Waals surface area contributed by atoms with Crippen molar-refractivity contribution in [1.29, 1.82) is 0 Å². The van der Waals surface area contributed by atoms with E-state index >= 15 is 0 Å². The zero-order chi connectivity index (χ0) is 17.9. The number of tetrazole rings is 1. The van der Waals surface area contributed by atoms with Crippen LogP contribution in [-0.2, 0) is 4.79 Å². The van der Waals surface area contributed by atoms with Gasteiger partial charge >= 0.3 is 0 Å². The molecule has 0 bridgehead atoms. The Hall–Kier alpha value is -2.78. The van der Waals surface area contributed by atoms with E-state index in [1.165, 1.54) is 18.1 Å². The number of benzene rings is 2. The zero-order valence-corrected chi connectivity index (χ0v) is 15.4. The first-order valence-corrected chi connectivity index (χ1v) is 9.61. The van der Waals surface area contributed by atoms with Crippen molar-refractivity contribution in [1.82, 2.24) is 25.2 Å². The van der Waals surface area contributed by atoms with Crippen molar-refractivity contribution in [3.05, 3.63) is 54.4 Å². The minimum atomic E-state index is -0.0659. The van der Waals surface area contributed by atoms with Gasteiger partial charge < -0.3 is 5.32 Å². The van der Waals surface area contributed by atoms with Crippen LogP contribution in [-0.4, -0.2) is 36.9 Å². The number of thiazole rings is 1. The standard InChI is InChI=1S/C17H14N6OS2/c1-11-8-12(6-7-14(11)23-10-18-21-22-23)19-16(24)9-25-17-20-13-4-2-3-5-15(13)26-17/h2-8,10H,9H2,1H3,(H,19,24). The summed E-state index contributed by atoms with van der Waals surface area (Å²) in [4.78, 5) is 16.8. The van der Waals surface area contributed by atoms with Crippen LogP contribution in [0.2, 0.25) is 0 Å². The van der Waals surface area contributed by atoms with E-state index in [9.17, 15) is 4.79 Å². The molecule has 2 aromatic carbocycles. The van der Waals surface area contributed by atoms with Crippen LogP contribution in [0, 0.1) is 6.92 Å². The van der Waals surface area contributed by atoms with E-state index in [0.717, 1.165) is 31.5 Å². The van der Waals surface area contributed by atoms with E-state index in [-0.39, 0.29) is 5.91 Å². The molecule has 0 aliphatic heterocycles. The van der Waals surface area contributed by atoms with Gasteiger partial charge in [-0.2, -0.15) is 0 Å². The van der Waals surface area contributed by atoms with Crippen LogP contribution in [0.1, 0.15) is 5.56 Å². The summed E-state index contributed by atoms with van der Waals surface area (Å²) in [5.74, 6) is 0.247. The van der Waals surface area contributed by atoms with E-state index in [1.807, 2.05) is 49.4 Å². The van der Waals surface area contributed by atoms with Crippen LogP contribution < -0.4 is 5.32 Å². The maximum atomic E-state index is 12.2. The minimum Gasteiger partial charge on any atom is -0.325 e. The molecule has 0 saturated heterocycles. The van der Waals surface area contributed by atoms with Crippen LogP contribution in [0.4, 0.5) is 5.69 Å². The van der Waals surface area contributed by atoms with Crippen molar-refractivity contribution >= 4 is 44.9 Å². The fraction of sp³-hybridized carbons (Fsp3) is 0.118. The highest BCUT2D eigenvalue weighted by Crippen LogP contribution is 2.29. The van der Waals surface area contributed by atoms with Crippen LogP contribution in [0.5, 0.6) is 0 Å². The molecule has 0 unspecified atom stereocenters. The number of aryl methyl sites for hydroxylation is 1. The number of carbonyl (C=O) groups excluding carboxylic acids is 1. The predicted octanol–water partition coefficient (Wildman–Crippen LogP) is 3.31. The molecule has 0 aliphatic carbocycles. The molecule has 9 heteroatoms. The second-order valence-electron chi connectivity index (χ2n) is 5.54. The Morgan fingerprint density at radius 1 is 1.27 bits per heavy atom. The number of hydrogen-bond donors (Lipinski definition) is 1. The lowest BCUT2D eigenvalue weighted by Gasteiger charge is -2.08. The van der Waals surface area contributed by atoms with Gasteiger partial charge in [0.15, 0.2) is 4.34 Å². The molecule has 130 valence electrons. The summed E-state index contributed by atoms with van der Waals surface area (Å²) >= 11 is 3.04. The Labute approximate surface area is 157 Å². The third kappa shape index (κ3) is 3.58. The summed E-state index contributed by atoms with van der Waals surface area (Å²) in [7, 11) is 0. The van der Waals surface area contributed by atoms with Crippen LogP contribution in [0.15, 0.2) is 53.1 Å². The quantitative estimate of drug-likeness (QED) is 0.533. The van der Waals surface area contributed by atoms with Crippen molar-refractivity contribution in [3.8, 4) is 5.69 Å². The van der Waals surface area contributed by atoms with Gasteiger partial charge in [-0.05, 0) is 53.2 Å². The Bertz CT molecular complexity index is 1030. The fourth-order valence-corrected chi connectivity index (χ4v) is 4.37. The predicted molar refractivity (Wildman–Crippen MR) is 103 cm³/mol. The number of carbonyl (C=O) groups is 1. The molecule has 4 aromatic rings. The van der Waals surface area contributed by atoms with Crippen molar-refractivity contribution in [2.75, 3.05) is 11.1 Å². The molecule has 0 fully saturated rings. The highest BCUT2D eigenvalue weighted by molar-refractivity contribution is 8.01. The van der Waals surface area contributed by atoms with Crippen molar-refractivity contribution in [3.63, 3.8) is 0 Å². The smallest absolute Gasteiger partial charge is 0.234 e. The fourth-order valence-electron chi connectivity index (χ4n) is 2.50. The highest BCUT2D eigenvalue weighted by atomic mass is 32.2. The molecular formula is C17H14N6OS2. The molecular weight excluding hydrogens is 368 g/mol. The van der Waals surface area contributed by atoms with Gasteiger partial charge in [0.05, 0.1) is 21.7 Å². The monoisotopic (exact) mass is 382 g/mol. The maximum absolute atomic E-state index is 12.2. The van der Waals surface area contributed by atoms with Crippen LogP contribution >= 0.6 is 23.1 Å². The second kappa shape index (κ2) is 7.22. The topological polar surface area (TPSA) is 85.6 Å². The third-order valence-electron chi connectivity index (χ3n) is 3.68. The lowest BCUT2D eigenvalue weighted by Crippen LogP contribution is -2.14. The molecule has 4 rings (SSSR count). The van der Waals surface area contributed by atoms with Crippen molar-refractivity contribution < 1.29 is 4.79 Å². The van der Waals surface area contributed by atoms with Gasteiger partial charge in [-0.1, -0.05) is 23.9 Å². The molecule has 7 nitrogen and oxygen atoms in total. The molecule has 2 heterocycles. The Balaban J connectivity index is 1.39. The number of rotatable bonds is 5. The zero-order valence-electron chi connectivity index (χ0n) is 13.8. The molecule has 0 saturated carbocycles. The van der Waals surface area contributed by atoms with Crippen molar-refractivity contribution in [2.45, 2.75) is 11.3 Å². The number of aromatic nitrogens is 5. The molecule has 26 heavy (non-hydrogen) atoms. The average Bonchev–Trinajstić information content (AvgIpc) is 3.29. The Morgan fingerprint density at radius 3 is 2.92 bits per heavy atom. The van der Waals surface area contributed by atoms with Gasteiger partial charge in [-0.15, -0.1) is 16.4 Å². The number of fused-ring (bicyclic) bond motifs is 1. The average molecular weight is 382 g/mol. The first kappa shape index (κ1) is 16.7. The first-order chi connectivity index (χ1) is 12.7. The molecule has 0 spiro atoms. The largest absolute Gasteiger partial charge is 0.325 e. The number of thioether (sulfide) groups is 1. The highest BCUT2D eigenvalue weighted by Gasteiger charge is 2.09. The molecule has 2 aromatic heterocycles. The molecule has 1 N–H and O–H groups in total. The summed E-state index contributed by atoms with van der Waals surface area (Å²) < 4.78 is 3.61. The van der Waals surface area contributed by atoms with Gasteiger partial charge in [0.25, 0.3) is 0 Å². The molecule has 0 radical (unpaired) electrons. The van der Waals surface area contributed by atoms with Gasteiger partial charge in [0.1, 0.15) is 6.33 Å². The number of nitrogens with one attached hydrogen (secondary N) is 1. The van der Waals surface area contributed by atoms with Crippen LogP contribution in [0.25, 0.3) is 15.9 Å². The Morgan fingerprint density at radius 2 is 2.15 bits per heavy atom. The number of hydrogen-bond acceptors (Lipinski definition) is 7. The summed E-state index contributed by atoms with van der Waals surface area (Å²) in [6.07, 6.45) is 1.54. The summed E-state index contributed by atoms with van der Waals surface area (Å²) in [5.41, 5.74) is 3.55. The normalized spacial score (nSPS) is 11.0. The maximum Gasteiger partial charge on any atom is 0.234 e. The number of anilines is 1. The van der Waals surface area contributed by atoms with Crippen LogP contribution in [0.3, 0.4) is 0 Å². The summed E-state index contributed by atoms with van der Waals surface area (Å²) in [6.45, 7) is 1.95. The minimum absolute atomic E-state index is 0.0659. The Kier molecular flexibility index (Phi) is 4.63. The van der Waals surface area contributed by atoms with Gasteiger partial charge in [0, 0.05) is 5.69 Å². The SMILES string of the molecule is Cc1cc(NC(=O)CSc2nc3ccccc3s2)ccc1-n1cnnn1. The van der Waals surface area contributed by atoms with E-state index < -0.39 is 0 Å². The van der Waals surface area contributed by atoms with E-state index in [1.54, 1.807) is 16.0 Å². The van der Waals surface area contributed by atoms with Gasteiger partial charge in [-0.3, -0.25) is 4.79 Å². The van der Waals surface area contributed by atoms with Gasteiger partial charge in [0.2, 0.25) is 5.91 Å². The van der Waals surface area contributed by atoms with E-state index in [4.69, 9.17) is 0 Å². The number of para-hydroxylation sites is 1. The number of amides is 1. The number of nitrogens with zero attached hydrogens (tertiary/aromatic N) is 5. The summed E-state index contributed by atoms with van der Waals surface area (Å²) in [5, 5.41) is 14.1. The molecule has 0 atom stereocenters. The van der Waals surface area contributed by atoms with E-state index in [0.29, 0.717) is 5.75 Å². The third-order valence-corrected chi connectivity index (χ3v) is 5.86. The van der Waals surface area contributed by atoms with Crippen molar-refractivity contribution in [2.24, 2.45) is 0 Å². The lowest BCUT2D eigenvalue weighted by atomic mass is 10.2. The summed E-state index contributed by atoms with van der Waals surface area (Å²) in [6, 6.07) is 13.6. The molecule has 0 aliphatic rings. The second-order valence-corrected chi connectivity index (χ2v) is 7.79. The van der Waals surface area contributed by atoms with E-state index in [2.05, 4.69) is 25.8 Å².